The van der Waals surface area contributed by atoms with Crippen molar-refractivity contribution in [1.29, 1.82) is 0 Å². The summed E-state index contributed by atoms with van der Waals surface area (Å²) >= 11 is 1.24. The van der Waals surface area contributed by atoms with E-state index in [1.165, 1.54) is 24.2 Å². The molecule has 1 aromatic rings. The maximum absolute atomic E-state index is 12.2. The van der Waals surface area contributed by atoms with Gasteiger partial charge in [-0.15, -0.1) is 11.3 Å². The van der Waals surface area contributed by atoms with Gasteiger partial charge in [0.2, 0.25) is 0 Å². The molecule has 1 amide bonds. The summed E-state index contributed by atoms with van der Waals surface area (Å²) in [7, 11) is 0. The van der Waals surface area contributed by atoms with Crippen molar-refractivity contribution in [3.8, 4) is 0 Å². The molecule has 0 bridgehead atoms. The van der Waals surface area contributed by atoms with Gasteiger partial charge in [0.25, 0.3) is 5.91 Å². The average molecular weight is 309 g/mol. The third kappa shape index (κ3) is 3.05. The average Bonchev–Trinajstić information content (AvgIpc) is 3.13. The topological polar surface area (TPSA) is 98.2 Å². The van der Waals surface area contributed by atoms with E-state index in [2.05, 4.69) is 12.2 Å². The summed E-state index contributed by atoms with van der Waals surface area (Å²) in [5, 5.41) is 3.92. The Labute approximate surface area is 129 Å². The molecule has 21 heavy (non-hydrogen) atoms. The molecule has 5 N–H and O–H groups in total. The zero-order valence-electron chi connectivity index (χ0n) is 12.8. The lowest BCUT2D eigenvalue weighted by molar-refractivity contribution is 0.0944. The lowest BCUT2D eigenvalue weighted by atomic mass is 10.0. The second kappa shape index (κ2) is 5.67. The number of nitrogens with one attached hydrogen (secondary N) is 1. The van der Waals surface area contributed by atoms with Crippen molar-refractivity contribution in [2.75, 3.05) is 17.6 Å². The molecular weight excluding hydrogens is 286 g/mol. The van der Waals surface area contributed by atoms with Gasteiger partial charge >= 0.3 is 0 Å². The molecule has 0 saturated heterocycles. The van der Waals surface area contributed by atoms with Gasteiger partial charge in [-0.1, -0.05) is 20.8 Å². The molecule has 0 radical (unpaired) electrons. The first kappa shape index (κ1) is 15.8. The Balaban J connectivity index is 2.29. The minimum atomic E-state index is -0.588. The number of nitrogen functional groups attached to an aromatic ring is 1. The van der Waals surface area contributed by atoms with Crippen LogP contribution in [0.4, 0.5) is 10.7 Å². The van der Waals surface area contributed by atoms with E-state index in [1.807, 2.05) is 13.8 Å². The molecule has 1 aliphatic rings. The number of carbonyl (C=O) groups is 2. The Bertz CT molecular complexity index is 574. The summed E-state index contributed by atoms with van der Waals surface area (Å²) in [6.07, 6.45) is 3.49. The van der Waals surface area contributed by atoms with Crippen LogP contribution in [0.15, 0.2) is 0 Å². The van der Waals surface area contributed by atoms with E-state index in [4.69, 9.17) is 11.5 Å². The minimum Gasteiger partial charge on any atom is -0.397 e. The van der Waals surface area contributed by atoms with Crippen LogP contribution < -0.4 is 16.8 Å². The van der Waals surface area contributed by atoms with Gasteiger partial charge in [-0.25, -0.2) is 0 Å². The predicted molar refractivity (Wildman–Crippen MR) is 86.9 cm³/mol. The van der Waals surface area contributed by atoms with Gasteiger partial charge in [0.15, 0.2) is 5.78 Å². The summed E-state index contributed by atoms with van der Waals surface area (Å²) in [5.74, 6) is -0.801. The number of carbonyl (C=O) groups excluding carboxylic acids is 2. The van der Waals surface area contributed by atoms with Crippen LogP contribution in [0.5, 0.6) is 0 Å². The van der Waals surface area contributed by atoms with E-state index in [0.29, 0.717) is 15.3 Å². The molecule has 0 aliphatic heterocycles. The summed E-state index contributed by atoms with van der Waals surface area (Å²) in [4.78, 5) is 24.3. The second-order valence-corrected chi connectivity index (χ2v) is 7.16. The zero-order chi connectivity index (χ0) is 15.8. The van der Waals surface area contributed by atoms with Gasteiger partial charge in [-0.05, 0) is 24.7 Å². The Morgan fingerprint density at radius 2 is 2.00 bits per heavy atom. The van der Waals surface area contributed by atoms with Gasteiger partial charge in [0.05, 0.1) is 16.1 Å². The number of primary amides is 1. The number of amides is 1. The van der Waals surface area contributed by atoms with E-state index >= 15 is 0 Å². The number of Topliss-reactive ketones (excluding diaryl/α,β-unsaturated/α-hetero) is 1. The van der Waals surface area contributed by atoms with E-state index in [9.17, 15) is 9.59 Å². The van der Waals surface area contributed by atoms with Crippen molar-refractivity contribution < 1.29 is 9.59 Å². The lowest BCUT2D eigenvalue weighted by Crippen LogP contribution is -2.18. The summed E-state index contributed by atoms with van der Waals surface area (Å²) in [6, 6.07) is 0. The van der Waals surface area contributed by atoms with E-state index in [1.54, 1.807) is 0 Å². The van der Waals surface area contributed by atoms with Gasteiger partial charge in [0.1, 0.15) is 5.00 Å². The van der Waals surface area contributed by atoms with Crippen LogP contribution in [0.2, 0.25) is 0 Å². The highest BCUT2D eigenvalue weighted by Gasteiger charge is 2.40. The number of nitrogens with two attached hydrogens (primary N) is 2. The Morgan fingerprint density at radius 1 is 1.38 bits per heavy atom. The molecule has 1 aliphatic carbocycles. The largest absolute Gasteiger partial charge is 0.397 e. The number of anilines is 2. The molecule has 1 fully saturated rings. The molecule has 116 valence electrons. The molecule has 0 unspecified atom stereocenters. The minimum absolute atomic E-state index is 0.0512. The molecule has 1 heterocycles. The van der Waals surface area contributed by atoms with Crippen LogP contribution in [0.25, 0.3) is 0 Å². The van der Waals surface area contributed by atoms with E-state index in [-0.39, 0.29) is 23.0 Å². The molecule has 1 aromatic heterocycles. The Hall–Kier alpha value is -1.56. The first-order valence-corrected chi connectivity index (χ1v) is 8.13. The van der Waals surface area contributed by atoms with Crippen molar-refractivity contribution in [1.82, 2.24) is 0 Å². The van der Waals surface area contributed by atoms with Crippen molar-refractivity contribution in [2.45, 2.75) is 40.0 Å². The number of thiophene rings is 1. The van der Waals surface area contributed by atoms with Crippen molar-refractivity contribution in [3.63, 3.8) is 0 Å². The van der Waals surface area contributed by atoms with Crippen molar-refractivity contribution in [3.05, 3.63) is 10.4 Å². The second-order valence-electron chi connectivity index (χ2n) is 6.14. The highest BCUT2D eigenvalue weighted by Crippen LogP contribution is 2.49. The van der Waals surface area contributed by atoms with Gasteiger partial charge in [-0.3, -0.25) is 9.59 Å². The van der Waals surface area contributed by atoms with Gasteiger partial charge in [0, 0.05) is 12.5 Å². The SMILES string of the molecule is CCC1(CNc2sc(C(=O)C(C)C)c(N)c2C(N)=O)CC1. The van der Waals surface area contributed by atoms with Crippen molar-refractivity contribution in [2.24, 2.45) is 17.1 Å². The molecule has 6 heteroatoms. The van der Waals surface area contributed by atoms with Crippen LogP contribution in [0.3, 0.4) is 0 Å². The number of ketones is 1. The molecule has 5 nitrogen and oxygen atoms in total. The maximum atomic E-state index is 12.2. The number of rotatable bonds is 7. The first-order valence-electron chi connectivity index (χ1n) is 7.31. The molecule has 1 saturated carbocycles. The first-order chi connectivity index (χ1) is 9.81. The number of hydrogen-bond acceptors (Lipinski definition) is 5. The fourth-order valence-corrected chi connectivity index (χ4v) is 3.57. The summed E-state index contributed by atoms with van der Waals surface area (Å²) in [5.41, 5.74) is 12.2. The van der Waals surface area contributed by atoms with Crippen LogP contribution in [0.1, 0.15) is 60.1 Å². The molecule has 2 rings (SSSR count). The Morgan fingerprint density at radius 3 is 2.43 bits per heavy atom. The fourth-order valence-electron chi connectivity index (χ4n) is 2.36. The summed E-state index contributed by atoms with van der Waals surface area (Å²) < 4.78 is 0. The third-order valence-corrected chi connectivity index (χ3v) is 5.45. The zero-order valence-corrected chi connectivity index (χ0v) is 13.6. The molecular formula is C15H23N3O2S. The van der Waals surface area contributed by atoms with Crippen LogP contribution in [-0.2, 0) is 0 Å². The molecule has 0 aromatic carbocycles. The normalized spacial score (nSPS) is 16.0. The monoisotopic (exact) mass is 309 g/mol. The smallest absolute Gasteiger partial charge is 0.253 e. The van der Waals surface area contributed by atoms with Crippen LogP contribution in [0, 0.1) is 11.3 Å². The van der Waals surface area contributed by atoms with Crippen LogP contribution in [-0.4, -0.2) is 18.2 Å². The highest BCUT2D eigenvalue weighted by atomic mass is 32.1. The number of hydrogen-bond donors (Lipinski definition) is 3. The Kier molecular flexibility index (Phi) is 4.27. The van der Waals surface area contributed by atoms with E-state index in [0.717, 1.165) is 13.0 Å². The maximum Gasteiger partial charge on any atom is 0.253 e. The fraction of sp³-hybridized carbons (Fsp3) is 0.600. The van der Waals surface area contributed by atoms with Gasteiger partial charge in [-0.2, -0.15) is 0 Å². The van der Waals surface area contributed by atoms with Crippen LogP contribution >= 0.6 is 11.3 Å². The molecule has 0 atom stereocenters. The van der Waals surface area contributed by atoms with Crippen molar-refractivity contribution >= 4 is 33.7 Å². The highest BCUT2D eigenvalue weighted by molar-refractivity contribution is 7.19. The lowest BCUT2D eigenvalue weighted by Gasteiger charge is -2.13. The third-order valence-electron chi connectivity index (χ3n) is 4.27. The quantitative estimate of drug-likeness (QED) is 0.674. The summed E-state index contributed by atoms with van der Waals surface area (Å²) in [6.45, 7) is 6.59. The predicted octanol–water partition coefficient (Wildman–Crippen LogP) is 2.87. The van der Waals surface area contributed by atoms with Gasteiger partial charge < -0.3 is 16.8 Å². The standard InChI is InChI=1S/C15H23N3O2S/c1-4-15(5-6-15)7-18-14-9(13(17)20)10(16)12(21-14)11(19)8(2)3/h8,18H,4-7,16H2,1-3H3,(H2,17,20). The molecule has 0 spiro atoms. The van der Waals surface area contributed by atoms with E-state index < -0.39 is 5.91 Å².